The third-order valence-electron chi connectivity index (χ3n) is 4.58. The molecule has 128 valence electrons. The summed E-state index contributed by atoms with van der Waals surface area (Å²) in [6.07, 6.45) is 5.88. The van der Waals surface area contributed by atoms with Crippen molar-refractivity contribution in [2.75, 3.05) is 13.2 Å². The van der Waals surface area contributed by atoms with E-state index in [9.17, 15) is 4.79 Å². The van der Waals surface area contributed by atoms with Crippen LogP contribution in [0.1, 0.15) is 29.4 Å². The normalized spacial score (nSPS) is 20.7. The van der Waals surface area contributed by atoms with Crippen molar-refractivity contribution in [3.63, 3.8) is 0 Å². The van der Waals surface area contributed by atoms with Gasteiger partial charge in [0.15, 0.2) is 0 Å². The van der Waals surface area contributed by atoms with Crippen LogP contribution in [0.5, 0.6) is 0 Å². The van der Waals surface area contributed by atoms with Gasteiger partial charge in [-0.25, -0.2) is 9.97 Å². The van der Waals surface area contributed by atoms with Gasteiger partial charge in [-0.3, -0.25) is 4.79 Å². The summed E-state index contributed by atoms with van der Waals surface area (Å²) in [6, 6.07) is 0. The van der Waals surface area contributed by atoms with Crippen LogP contribution in [-0.4, -0.2) is 38.5 Å². The SMILES string of the molecule is Cc1nc(COCC2CN(C(=O)C3CC3)Cc3nccn3C2)cs1. The number of amides is 1. The summed E-state index contributed by atoms with van der Waals surface area (Å²) in [5.74, 6) is 1.78. The predicted molar refractivity (Wildman–Crippen MR) is 90.4 cm³/mol. The quantitative estimate of drug-likeness (QED) is 0.833. The number of thiazole rings is 1. The number of rotatable bonds is 5. The van der Waals surface area contributed by atoms with Crippen molar-refractivity contribution < 1.29 is 9.53 Å². The number of aromatic nitrogens is 3. The van der Waals surface area contributed by atoms with E-state index in [2.05, 4.69) is 14.5 Å². The second-order valence-corrected chi connectivity index (χ2v) is 7.79. The first-order chi connectivity index (χ1) is 11.7. The molecule has 7 heteroatoms. The number of ether oxygens (including phenoxy) is 1. The minimum absolute atomic E-state index is 0.242. The number of carbonyl (C=O) groups excluding carboxylic acids is 1. The molecule has 2 aromatic heterocycles. The molecule has 0 aromatic carbocycles. The Morgan fingerprint density at radius 3 is 3.04 bits per heavy atom. The van der Waals surface area contributed by atoms with Crippen LogP contribution in [0.4, 0.5) is 0 Å². The first-order valence-electron chi connectivity index (χ1n) is 8.46. The second-order valence-electron chi connectivity index (χ2n) is 6.73. The van der Waals surface area contributed by atoms with Gasteiger partial charge < -0.3 is 14.2 Å². The Morgan fingerprint density at radius 1 is 1.42 bits per heavy atom. The van der Waals surface area contributed by atoms with E-state index in [-0.39, 0.29) is 17.7 Å². The number of imidazole rings is 1. The Hall–Kier alpha value is -1.73. The zero-order valence-corrected chi connectivity index (χ0v) is 14.7. The van der Waals surface area contributed by atoms with Crippen LogP contribution < -0.4 is 0 Å². The fourth-order valence-corrected chi connectivity index (χ4v) is 3.80. The van der Waals surface area contributed by atoms with Gasteiger partial charge in [0, 0.05) is 42.7 Å². The van der Waals surface area contributed by atoms with Crippen LogP contribution in [0, 0.1) is 18.8 Å². The van der Waals surface area contributed by atoms with Gasteiger partial charge in [-0.2, -0.15) is 0 Å². The first kappa shape index (κ1) is 15.8. The third kappa shape index (κ3) is 3.52. The Morgan fingerprint density at radius 2 is 2.29 bits per heavy atom. The van der Waals surface area contributed by atoms with Gasteiger partial charge in [0.05, 0.1) is 30.5 Å². The maximum Gasteiger partial charge on any atom is 0.226 e. The molecule has 0 N–H and O–H groups in total. The minimum Gasteiger partial charge on any atom is -0.375 e. The third-order valence-corrected chi connectivity index (χ3v) is 5.40. The number of hydrogen-bond donors (Lipinski definition) is 0. The van der Waals surface area contributed by atoms with Crippen LogP contribution in [-0.2, 0) is 29.2 Å². The second kappa shape index (κ2) is 6.64. The average molecular weight is 346 g/mol. The van der Waals surface area contributed by atoms with Gasteiger partial charge in [-0.05, 0) is 19.8 Å². The van der Waals surface area contributed by atoms with Crippen molar-refractivity contribution in [1.29, 1.82) is 0 Å². The van der Waals surface area contributed by atoms with Crippen LogP contribution in [0.25, 0.3) is 0 Å². The number of nitrogens with zero attached hydrogens (tertiary/aromatic N) is 4. The van der Waals surface area contributed by atoms with E-state index < -0.39 is 0 Å². The van der Waals surface area contributed by atoms with Crippen molar-refractivity contribution in [3.05, 3.63) is 34.3 Å². The van der Waals surface area contributed by atoms with Crippen LogP contribution in [0.3, 0.4) is 0 Å². The lowest BCUT2D eigenvalue weighted by Gasteiger charge is -2.24. The predicted octanol–water partition coefficient (Wildman–Crippen LogP) is 2.23. The van der Waals surface area contributed by atoms with E-state index in [4.69, 9.17) is 4.74 Å². The molecule has 1 atom stereocenters. The summed E-state index contributed by atoms with van der Waals surface area (Å²) < 4.78 is 8.05. The van der Waals surface area contributed by atoms with E-state index in [1.807, 2.05) is 29.6 Å². The molecular formula is C17H22N4O2S. The topological polar surface area (TPSA) is 60.2 Å². The van der Waals surface area contributed by atoms with Crippen LogP contribution >= 0.6 is 11.3 Å². The lowest BCUT2D eigenvalue weighted by atomic mass is 10.1. The molecule has 0 bridgehead atoms. The van der Waals surface area contributed by atoms with Crippen LogP contribution in [0.2, 0.25) is 0 Å². The molecule has 3 heterocycles. The summed E-state index contributed by atoms with van der Waals surface area (Å²) in [5.41, 5.74) is 0.986. The summed E-state index contributed by atoms with van der Waals surface area (Å²) >= 11 is 1.64. The standard InChI is InChI=1S/C17H22N4O2S/c1-12-19-15(11-24-12)10-23-9-13-6-20-5-4-18-16(20)8-21(7-13)17(22)14-2-3-14/h4-5,11,13-14H,2-3,6-10H2,1H3. The van der Waals surface area contributed by atoms with Gasteiger partial charge in [-0.15, -0.1) is 11.3 Å². The van der Waals surface area contributed by atoms with Crippen molar-refractivity contribution in [2.24, 2.45) is 11.8 Å². The van der Waals surface area contributed by atoms with Gasteiger partial charge >= 0.3 is 0 Å². The Labute approximate surface area is 145 Å². The lowest BCUT2D eigenvalue weighted by Crippen LogP contribution is -2.36. The van der Waals surface area contributed by atoms with E-state index in [1.165, 1.54) is 0 Å². The maximum absolute atomic E-state index is 12.5. The van der Waals surface area contributed by atoms with Crippen molar-refractivity contribution in [3.8, 4) is 0 Å². The zero-order valence-electron chi connectivity index (χ0n) is 13.9. The van der Waals surface area contributed by atoms with E-state index in [0.717, 1.165) is 42.5 Å². The molecule has 1 aliphatic heterocycles. The van der Waals surface area contributed by atoms with E-state index >= 15 is 0 Å². The lowest BCUT2D eigenvalue weighted by molar-refractivity contribution is -0.134. The van der Waals surface area contributed by atoms with Gasteiger partial charge in [0.25, 0.3) is 0 Å². The number of carbonyl (C=O) groups is 1. The molecule has 2 aromatic rings. The summed E-state index contributed by atoms with van der Waals surface area (Å²) in [7, 11) is 0. The van der Waals surface area contributed by atoms with Crippen molar-refractivity contribution in [2.45, 2.75) is 39.5 Å². The fraction of sp³-hybridized carbons (Fsp3) is 0.588. The van der Waals surface area contributed by atoms with E-state index in [0.29, 0.717) is 19.8 Å². The Balaban J connectivity index is 1.40. The van der Waals surface area contributed by atoms with Gasteiger partial charge in [-0.1, -0.05) is 0 Å². The highest BCUT2D eigenvalue weighted by atomic mass is 32.1. The molecular weight excluding hydrogens is 324 g/mol. The number of hydrogen-bond acceptors (Lipinski definition) is 5. The molecule has 0 radical (unpaired) electrons. The largest absolute Gasteiger partial charge is 0.375 e. The molecule has 4 rings (SSSR count). The summed E-state index contributed by atoms with van der Waals surface area (Å²) in [4.78, 5) is 23.3. The fourth-order valence-electron chi connectivity index (χ4n) is 3.21. The molecule has 0 spiro atoms. The Kier molecular flexibility index (Phi) is 4.37. The van der Waals surface area contributed by atoms with Gasteiger partial charge in [0.1, 0.15) is 5.82 Å². The molecule has 1 amide bonds. The molecule has 1 aliphatic carbocycles. The number of aryl methyl sites for hydroxylation is 1. The molecule has 2 aliphatic rings. The summed E-state index contributed by atoms with van der Waals surface area (Å²) in [6.45, 7) is 5.37. The highest BCUT2D eigenvalue weighted by Gasteiger charge is 2.35. The average Bonchev–Trinajstić information content (AvgIpc) is 3.25. The Bertz CT molecular complexity index is 722. The highest BCUT2D eigenvalue weighted by molar-refractivity contribution is 7.09. The molecule has 1 fully saturated rings. The molecule has 1 saturated carbocycles. The molecule has 24 heavy (non-hydrogen) atoms. The summed E-state index contributed by atoms with van der Waals surface area (Å²) in [5, 5.41) is 3.10. The zero-order chi connectivity index (χ0) is 16.5. The molecule has 1 unspecified atom stereocenters. The molecule has 6 nitrogen and oxygen atoms in total. The van der Waals surface area contributed by atoms with E-state index in [1.54, 1.807) is 11.3 Å². The highest BCUT2D eigenvalue weighted by Crippen LogP contribution is 2.32. The maximum atomic E-state index is 12.5. The monoisotopic (exact) mass is 346 g/mol. The molecule has 0 saturated heterocycles. The number of fused-ring (bicyclic) bond motifs is 1. The van der Waals surface area contributed by atoms with Crippen LogP contribution in [0.15, 0.2) is 17.8 Å². The van der Waals surface area contributed by atoms with Crippen molar-refractivity contribution >= 4 is 17.2 Å². The first-order valence-corrected chi connectivity index (χ1v) is 9.34. The van der Waals surface area contributed by atoms with Gasteiger partial charge in [0.2, 0.25) is 5.91 Å². The minimum atomic E-state index is 0.242. The van der Waals surface area contributed by atoms with Crippen molar-refractivity contribution in [1.82, 2.24) is 19.4 Å². The smallest absolute Gasteiger partial charge is 0.226 e.